The van der Waals surface area contributed by atoms with Gasteiger partial charge in [-0.2, -0.15) is 0 Å². The van der Waals surface area contributed by atoms with Crippen molar-refractivity contribution in [3.63, 3.8) is 0 Å². The Hall–Kier alpha value is -3.44. The fourth-order valence-electron chi connectivity index (χ4n) is 4.42. The lowest BCUT2D eigenvalue weighted by molar-refractivity contribution is -0.213. The molecule has 3 aromatic heterocycles. The molecule has 2 unspecified atom stereocenters. The largest absolute Gasteiger partial charge is 0.411 e. The first kappa shape index (κ1) is 29.1. The summed E-state index contributed by atoms with van der Waals surface area (Å²) < 4.78 is 14.3. The molecular weight excluding hydrogens is 558 g/mol. The maximum absolute atomic E-state index is 13.3. The summed E-state index contributed by atoms with van der Waals surface area (Å²) in [5.74, 6) is -0.0753. The van der Waals surface area contributed by atoms with Gasteiger partial charge in [0, 0.05) is 34.6 Å². The molecule has 1 saturated heterocycles. The van der Waals surface area contributed by atoms with Gasteiger partial charge in [-0.3, -0.25) is 9.59 Å². The molecule has 5 rings (SSSR count). The molecule has 1 amide bonds. The van der Waals surface area contributed by atoms with Crippen molar-refractivity contribution in [3.05, 3.63) is 83.0 Å². The third-order valence-corrected chi connectivity index (χ3v) is 8.30. The van der Waals surface area contributed by atoms with Crippen LogP contribution in [0, 0.1) is 5.92 Å². The van der Waals surface area contributed by atoms with Crippen molar-refractivity contribution in [2.24, 2.45) is 5.92 Å². The molecule has 1 fully saturated rings. The molecule has 1 N–H and O–H groups in total. The zero-order valence-electron chi connectivity index (χ0n) is 23.6. The average molecular weight is 590 g/mol. The van der Waals surface area contributed by atoms with E-state index >= 15 is 0 Å². The Morgan fingerprint density at radius 2 is 1.83 bits per heavy atom. The number of nitrogens with one attached hydrogen (secondary N) is 1. The number of rotatable bonds is 9. The molecule has 0 spiro atoms. The standard InChI is InChI=1S/C30H32ClN5O4Si/c1-29(2,3)41-40-30(4,5)22-17-39-28(22)36-13-12-20-16-33-26(35-27(20)36)25(38)19-8-11-23(32-15-19)34-24(37)14-18-6-9-21(31)10-7-18/h6-13,15-16,22,28H,14,17H2,1-5H3,(H,32,34,37). The van der Waals surface area contributed by atoms with Crippen molar-refractivity contribution in [2.45, 2.75) is 57.9 Å². The zero-order valence-corrected chi connectivity index (χ0v) is 25.4. The van der Waals surface area contributed by atoms with Crippen LogP contribution in [0.25, 0.3) is 11.0 Å². The Morgan fingerprint density at radius 3 is 2.46 bits per heavy atom. The highest BCUT2D eigenvalue weighted by atomic mass is 35.5. The molecule has 2 radical (unpaired) electrons. The number of carbonyl (C=O) groups is 2. The van der Waals surface area contributed by atoms with Crippen LogP contribution in [0.15, 0.2) is 61.1 Å². The lowest BCUT2D eigenvalue weighted by atomic mass is 9.86. The number of hydrogen-bond donors (Lipinski definition) is 1. The number of hydrogen-bond acceptors (Lipinski definition) is 7. The second-order valence-electron chi connectivity index (χ2n) is 11.7. The van der Waals surface area contributed by atoms with Gasteiger partial charge in [0.2, 0.25) is 27.3 Å². The number of benzene rings is 1. The van der Waals surface area contributed by atoms with Gasteiger partial charge in [0.15, 0.2) is 0 Å². The number of ether oxygens (including phenoxy) is 1. The van der Waals surface area contributed by atoms with Crippen LogP contribution in [0.5, 0.6) is 0 Å². The topological polar surface area (TPSA) is 108 Å². The second kappa shape index (κ2) is 11.4. The molecule has 11 heteroatoms. The summed E-state index contributed by atoms with van der Waals surface area (Å²) in [6, 6.07) is 12.2. The molecule has 9 nitrogen and oxygen atoms in total. The molecule has 212 valence electrons. The highest BCUT2D eigenvalue weighted by Gasteiger charge is 2.46. The van der Waals surface area contributed by atoms with Crippen LogP contribution in [0.3, 0.4) is 0 Å². The molecular formula is C30H32ClN5O4Si. The number of anilines is 1. The summed E-state index contributed by atoms with van der Waals surface area (Å²) in [6.07, 6.45) is 4.88. The Balaban J connectivity index is 1.28. The van der Waals surface area contributed by atoms with Crippen molar-refractivity contribution in [3.8, 4) is 0 Å². The Bertz CT molecular complexity index is 1560. The molecule has 4 heterocycles. The molecule has 1 aromatic carbocycles. The van der Waals surface area contributed by atoms with Gasteiger partial charge in [-0.15, -0.1) is 0 Å². The molecule has 1 aliphatic heterocycles. The smallest absolute Gasteiger partial charge is 0.236 e. The third kappa shape index (κ3) is 6.73. The highest BCUT2D eigenvalue weighted by Crippen LogP contribution is 2.42. The van der Waals surface area contributed by atoms with E-state index < -0.39 is 5.60 Å². The number of carbonyl (C=O) groups excluding carboxylic acids is 2. The van der Waals surface area contributed by atoms with Gasteiger partial charge in [-0.1, -0.05) is 44.5 Å². The number of ketones is 1. The van der Waals surface area contributed by atoms with Gasteiger partial charge in [-0.25, -0.2) is 15.0 Å². The third-order valence-electron chi connectivity index (χ3n) is 6.81. The van der Waals surface area contributed by atoms with Crippen LogP contribution < -0.4 is 5.32 Å². The van der Waals surface area contributed by atoms with E-state index in [1.165, 1.54) is 6.20 Å². The molecule has 0 bridgehead atoms. The van der Waals surface area contributed by atoms with Gasteiger partial charge < -0.3 is 19.0 Å². The summed E-state index contributed by atoms with van der Waals surface area (Å²) >= 11 is 5.90. The van der Waals surface area contributed by atoms with Crippen molar-refractivity contribution in [1.29, 1.82) is 0 Å². The number of halogens is 1. The van der Waals surface area contributed by atoms with Gasteiger partial charge in [0.05, 0.1) is 24.5 Å². The van der Waals surface area contributed by atoms with Gasteiger partial charge in [0.1, 0.15) is 17.7 Å². The number of nitrogens with zero attached hydrogens (tertiary/aromatic N) is 4. The summed E-state index contributed by atoms with van der Waals surface area (Å²) in [6.45, 7) is 11.3. The quantitative estimate of drug-likeness (QED) is 0.198. The summed E-state index contributed by atoms with van der Waals surface area (Å²) in [5, 5.41) is 4.24. The Labute approximate surface area is 246 Å². The normalized spacial score (nSPS) is 17.3. The minimum Gasteiger partial charge on any atom is -0.411 e. The fourth-order valence-corrected chi connectivity index (χ4v) is 5.26. The van der Waals surface area contributed by atoms with Crippen molar-refractivity contribution in [1.82, 2.24) is 19.5 Å². The van der Waals surface area contributed by atoms with Crippen molar-refractivity contribution < 1.29 is 18.8 Å². The molecule has 0 saturated carbocycles. The van der Waals surface area contributed by atoms with Gasteiger partial charge in [0.25, 0.3) is 0 Å². The van der Waals surface area contributed by atoms with Crippen LogP contribution >= 0.6 is 11.6 Å². The van der Waals surface area contributed by atoms with E-state index in [0.717, 1.165) is 10.9 Å². The van der Waals surface area contributed by atoms with E-state index in [4.69, 9.17) is 20.8 Å². The van der Waals surface area contributed by atoms with E-state index in [1.54, 1.807) is 42.6 Å². The van der Waals surface area contributed by atoms with Gasteiger partial charge in [-0.05, 0) is 54.8 Å². The first-order chi connectivity index (χ1) is 19.4. The lowest BCUT2D eigenvalue weighted by Gasteiger charge is -2.47. The predicted molar refractivity (Wildman–Crippen MR) is 158 cm³/mol. The summed E-state index contributed by atoms with van der Waals surface area (Å²) in [5.41, 5.74) is 1.37. The summed E-state index contributed by atoms with van der Waals surface area (Å²) in [7, 11) is 0.359. The first-order valence-corrected chi connectivity index (χ1v) is 14.6. The van der Waals surface area contributed by atoms with Crippen LogP contribution in [-0.4, -0.2) is 53.2 Å². The fraction of sp³-hybridized carbons (Fsp3) is 0.367. The minimum atomic E-state index is -0.394. The van der Waals surface area contributed by atoms with Crippen molar-refractivity contribution in [2.75, 3.05) is 11.9 Å². The van der Waals surface area contributed by atoms with Crippen LogP contribution in [0.1, 0.15) is 62.6 Å². The Morgan fingerprint density at radius 1 is 1.07 bits per heavy atom. The number of amides is 1. The Kier molecular flexibility index (Phi) is 8.11. The molecule has 1 aliphatic rings. The maximum atomic E-state index is 13.3. The number of fused-ring (bicyclic) bond motifs is 1. The highest BCUT2D eigenvalue weighted by molar-refractivity contribution is 6.31. The SMILES string of the molecule is CC(C)(C)[Si]OC(C)(C)C1COC1n1ccc2cnc(C(=O)c3ccc(NC(=O)Cc4ccc(Cl)cc4)nc3)nc21. The molecule has 0 aliphatic carbocycles. The lowest BCUT2D eigenvalue weighted by Crippen LogP contribution is -2.51. The van der Waals surface area contributed by atoms with E-state index in [2.05, 4.69) is 54.9 Å². The predicted octanol–water partition coefficient (Wildman–Crippen LogP) is 5.67. The number of aromatic nitrogens is 4. The zero-order chi connectivity index (χ0) is 29.4. The van der Waals surface area contributed by atoms with Gasteiger partial charge >= 0.3 is 0 Å². The summed E-state index contributed by atoms with van der Waals surface area (Å²) in [4.78, 5) is 38.8. The van der Waals surface area contributed by atoms with E-state index in [1.807, 2.05) is 16.8 Å². The number of pyridine rings is 1. The van der Waals surface area contributed by atoms with E-state index in [0.29, 0.717) is 38.4 Å². The van der Waals surface area contributed by atoms with E-state index in [-0.39, 0.29) is 41.1 Å². The first-order valence-electron chi connectivity index (χ1n) is 13.3. The van der Waals surface area contributed by atoms with Crippen LogP contribution in [-0.2, 0) is 20.4 Å². The molecule has 2 atom stereocenters. The monoisotopic (exact) mass is 589 g/mol. The maximum Gasteiger partial charge on any atom is 0.236 e. The molecule has 4 aromatic rings. The van der Waals surface area contributed by atoms with Crippen LogP contribution in [0.2, 0.25) is 10.1 Å². The second-order valence-corrected chi connectivity index (χ2v) is 14.0. The van der Waals surface area contributed by atoms with E-state index in [9.17, 15) is 9.59 Å². The average Bonchev–Trinajstić information content (AvgIpc) is 3.30. The van der Waals surface area contributed by atoms with Crippen LogP contribution in [0.4, 0.5) is 5.82 Å². The molecule has 41 heavy (non-hydrogen) atoms. The van der Waals surface area contributed by atoms with Crippen molar-refractivity contribution >= 4 is 49.9 Å². The minimum absolute atomic E-state index is 0.0550.